The van der Waals surface area contributed by atoms with Gasteiger partial charge >= 0.3 is 0 Å². The van der Waals surface area contributed by atoms with Crippen molar-refractivity contribution in [3.8, 4) is 0 Å². The van der Waals surface area contributed by atoms with Crippen LogP contribution in [0.3, 0.4) is 0 Å². The van der Waals surface area contributed by atoms with E-state index in [2.05, 4.69) is 72.4 Å². The molecule has 0 fully saturated rings. The van der Waals surface area contributed by atoms with Gasteiger partial charge in [0.2, 0.25) is 0 Å². The standard InChI is InChI=1S/C25H38/c1-8-10-11-12-21-16-19(4)24(20(5)17-21)22-15-18(3)13-14-23(22)25(6,7)9-2/h9,15-17,22-23H,2,8,10-14H2,1,3-7H3. The predicted octanol–water partition coefficient (Wildman–Crippen LogP) is 7.69. The van der Waals surface area contributed by atoms with E-state index in [1.165, 1.54) is 55.2 Å². The lowest BCUT2D eigenvalue weighted by molar-refractivity contribution is 0.233. The summed E-state index contributed by atoms with van der Waals surface area (Å²) >= 11 is 0. The van der Waals surface area contributed by atoms with Gasteiger partial charge in [-0.15, -0.1) is 6.58 Å². The largest absolute Gasteiger partial charge is 0.103 e. The van der Waals surface area contributed by atoms with Crippen LogP contribution in [-0.2, 0) is 6.42 Å². The number of hydrogen-bond donors (Lipinski definition) is 0. The zero-order chi connectivity index (χ0) is 18.6. The SMILES string of the molecule is C=CC(C)(C)C1CCC(C)=CC1c1c(C)cc(CCCCC)cc1C. The summed E-state index contributed by atoms with van der Waals surface area (Å²) in [7, 11) is 0. The minimum absolute atomic E-state index is 0.167. The fourth-order valence-electron chi connectivity index (χ4n) is 4.65. The highest BCUT2D eigenvalue weighted by molar-refractivity contribution is 5.44. The van der Waals surface area contributed by atoms with Crippen molar-refractivity contribution in [2.45, 2.75) is 86.0 Å². The molecule has 1 aromatic rings. The van der Waals surface area contributed by atoms with E-state index in [0.29, 0.717) is 11.8 Å². The van der Waals surface area contributed by atoms with Crippen molar-refractivity contribution < 1.29 is 0 Å². The minimum Gasteiger partial charge on any atom is -0.103 e. The molecule has 1 aliphatic rings. The molecule has 0 saturated heterocycles. The van der Waals surface area contributed by atoms with Crippen LogP contribution in [0, 0.1) is 25.2 Å². The van der Waals surface area contributed by atoms with Crippen molar-refractivity contribution >= 4 is 0 Å². The molecular formula is C25H38. The Hall–Kier alpha value is -1.30. The van der Waals surface area contributed by atoms with Crippen LogP contribution in [0.25, 0.3) is 0 Å². The molecule has 25 heavy (non-hydrogen) atoms. The first-order valence-electron chi connectivity index (χ1n) is 10.2. The van der Waals surface area contributed by atoms with Crippen molar-refractivity contribution in [2.75, 3.05) is 0 Å². The van der Waals surface area contributed by atoms with Crippen LogP contribution in [0.5, 0.6) is 0 Å². The molecule has 0 N–H and O–H groups in total. The molecule has 0 amide bonds. The van der Waals surface area contributed by atoms with Gasteiger partial charge < -0.3 is 0 Å². The molecule has 0 saturated carbocycles. The molecule has 0 nitrogen and oxygen atoms in total. The first kappa shape index (κ1) is 20.0. The van der Waals surface area contributed by atoms with Gasteiger partial charge in [-0.25, -0.2) is 0 Å². The summed E-state index contributed by atoms with van der Waals surface area (Å²) in [5.41, 5.74) is 7.76. The van der Waals surface area contributed by atoms with Gasteiger partial charge in [-0.05, 0) is 80.0 Å². The van der Waals surface area contributed by atoms with Gasteiger partial charge in [-0.1, -0.05) is 63.5 Å². The van der Waals surface area contributed by atoms with Gasteiger partial charge in [-0.2, -0.15) is 0 Å². The molecule has 0 heteroatoms. The number of unbranched alkanes of at least 4 members (excludes halogenated alkanes) is 2. The second-order valence-electron chi connectivity index (χ2n) is 8.81. The van der Waals surface area contributed by atoms with Crippen molar-refractivity contribution in [1.29, 1.82) is 0 Å². The summed E-state index contributed by atoms with van der Waals surface area (Å²) in [5, 5.41) is 0. The fraction of sp³-hybridized carbons (Fsp3) is 0.600. The average molecular weight is 339 g/mol. The Balaban J connectivity index is 2.40. The molecule has 0 aliphatic heterocycles. The molecule has 2 atom stereocenters. The molecule has 1 aliphatic carbocycles. The maximum absolute atomic E-state index is 4.13. The highest BCUT2D eigenvalue weighted by atomic mass is 14.4. The Labute approximate surface area is 156 Å². The third-order valence-electron chi connectivity index (χ3n) is 6.28. The molecule has 2 unspecified atom stereocenters. The van der Waals surface area contributed by atoms with E-state index >= 15 is 0 Å². The number of allylic oxidation sites excluding steroid dienone is 3. The summed E-state index contributed by atoms with van der Waals surface area (Å²) < 4.78 is 0. The first-order chi connectivity index (χ1) is 11.8. The summed E-state index contributed by atoms with van der Waals surface area (Å²) in [6.45, 7) is 18.1. The molecule has 0 aromatic heterocycles. The second-order valence-corrected chi connectivity index (χ2v) is 8.81. The third kappa shape index (κ3) is 4.66. The van der Waals surface area contributed by atoms with Crippen molar-refractivity contribution in [3.63, 3.8) is 0 Å². The molecule has 0 heterocycles. The zero-order valence-corrected chi connectivity index (χ0v) is 17.4. The van der Waals surface area contributed by atoms with Crippen LogP contribution >= 0.6 is 0 Å². The fourth-order valence-corrected chi connectivity index (χ4v) is 4.65. The molecule has 1 aromatic carbocycles. The molecular weight excluding hydrogens is 300 g/mol. The average Bonchev–Trinajstić information content (AvgIpc) is 2.54. The van der Waals surface area contributed by atoms with Crippen molar-refractivity contribution in [3.05, 3.63) is 58.7 Å². The number of benzene rings is 1. The van der Waals surface area contributed by atoms with E-state index in [0.717, 1.165) is 0 Å². The van der Waals surface area contributed by atoms with Crippen LogP contribution in [0.4, 0.5) is 0 Å². The maximum Gasteiger partial charge on any atom is 0.00622 e. The van der Waals surface area contributed by atoms with Crippen molar-refractivity contribution in [2.24, 2.45) is 11.3 Å². The van der Waals surface area contributed by atoms with E-state index in [-0.39, 0.29) is 5.41 Å². The Kier molecular flexibility index (Phi) is 6.72. The van der Waals surface area contributed by atoms with Gasteiger partial charge in [0.15, 0.2) is 0 Å². The summed E-state index contributed by atoms with van der Waals surface area (Å²) in [6, 6.07) is 4.90. The number of aryl methyl sites for hydroxylation is 3. The highest BCUT2D eigenvalue weighted by Crippen LogP contribution is 2.48. The van der Waals surface area contributed by atoms with Crippen molar-refractivity contribution in [1.82, 2.24) is 0 Å². The van der Waals surface area contributed by atoms with Crippen LogP contribution in [-0.4, -0.2) is 0 Å². The summed E-state index contributed by atoms with van der Waals surface area (Å²) in [6.07, 6.45) is 12.4. The predicted molar refractivity (Wildman–Crippen MR) is 112 cm³/mol. The number of rotatable bonds is 7. The van der Waals surface area contributed by atoms with Gasteiger partial charge in [0.1, 0.15) is 0 Å². The first-order valence-corrected chi connectivity index (χ1v) is 10.2. The Morgan fingerprint density at radius 3 is 2.32 bits per heavy atom. The molecule has 138 valence electrons. The number of hydrogen-bond acceptors (Lipinski definition) is 0. The van der Waals surface area contributed by atoms with Crippen LogP contribution in [0.2, 0.25) is 0 Å². The molecule has 2 rings (SSSR count). The Bertz CT molecular complexity index is 606. The molecule has 0 radical (unpaired) electrons. The van der Waals surface area contributed by atoms with Gasteiger partial charge in [-0.3, -0.25) is 0 Å². The minimum atomic E-state index is 0.167. The van der Waals surface area contributed by atoms with E-state index in [1.54, 1.807) is 11.1 Å². The van der Waals surface area contributed by atoms with E-state index < -0.39 is 0 Å². The van der Waals surface area contributed by atoms with E-state index in [4.69, 9.17) is 0 Å². The molecule has 0 spiro atoms. The highest BCUT2D eigenvalue weighted by Gasteiger charge is 2.36. The topological polar surface area (TPSA) is 0 Å². The maximum atomic E-state index is 4.13. The zero-order valence-electron chi connectivity index (χ0n) is 17.4. The monoisotopic (exact) mass is 338 g/mol. The lowest BCUT2D eigenvalue weighted by atomic mass is 9.63. The van der Waals surface area contributed by atoms with Gasteiger partial charge in [0.25, 0.3) is 0 Å². The van der Waals surface area contributed by atoms with Gasteiger partial charge in [0.05, 0.1) is 0 Å². The Morgan fingerprint density at radius 2 is 1.76 bits per heavy atom. The van der Waals surface area contributed by atoms with Crippen LogP contribution in [0.1, 0.15) is 88.0 Å². The quantitative estimate of drug-likeness (QED) is 0.353. The van der Waals surface area contributed by atoms with Crippen LogP contribution < -0.4 is 0 Å². The van der Waals surface area contributed by atoms with E-state index in [1.807, 2.05) is 0 Å². The Morgan fingerprint density at radius 1 is 1.12 bits per heavy atom. The van der Waals surface area contributed by atoms with Crippen LogP contribution in [0.15, 0.2) is 36.4 Å². The second kappa shape index (κ2) is 8.39. The lowest BCUT2D eigenvalue weighted by Crippen LogP contribution is -2.30. The van der Waals surface area contributed by atoms with Gasteiger partial charge in [0, 0.05) is 5.92 Å². The smallest absolute Gasteiger partial charge is 0.00622 e. The lowest BCUT2D eigenvalue weighted by Gasteiger charge is -2.41. The summed E-state index contributed by atoms with van der Waals surface area (Å²) in [5.74, 6) is 1.16. The summed E-state index contributed by atoms with van der Waals surface area (Å²) in [4.78, 5) is 0. The van der Waals surface area contributed by atoms with E-state index in [9.17, 15) is 0 Å². The normalized spacial score (nSPS) is 21.1. The third-order valence-corrected chi connectivity index (χ3v) is 6.28. The molecule has 0 bridgehead atoms.